The lowest BCUT2D eigenvalue weighted by molar-refractivity contribution is -0.166. The molecule has 15 heavy (non-hydrogen) atoms. The number of rotatable bonds is 2. The molecule has 0 aromatic heterocycles. The van der Waals surface area contributed by atoms with Crippen LogP contribution in [0.3, 0.4) is 0 Å². The van der Waals surface area contributed by atoms with Crippen LogP contribution in [0.1, 0.15) is 40.0 Å². The normalized spacial score (nSPS) is 47.9. The van der Waals surface area contributed by atoms with Crippen LogP contribution in [-0.2, 0) is 4.74 Å². The molecule has 0 amide bonds. The van der Waals surface area contributed by atoms with E-state index in [-0.39, 0.29) is 11.0 Å². The van der Waals surface area contributed by atoms with Crippen molar-refractivity contribution < 1.29 is 9.84 Å². The smallest absolute Gasteiger partial charge is 0.161 e. The average Bonchev–Trinajstić information content (AvgIpc) is 2.53. The lowest BCUT2D eigenvalue weighted by Gasteiger charge is -2.35. The van der Waals surface area contributed by atoms with E-state index in [9.17, 15) is 5.11 Å². The molecule has 0 aromatic carbocycles. The molecular weight excluding hydrogens is 188 g/mol. The van der Waals surface area contributed by atoms with Crippen LogP contribution in [0.4, 0.5) is 0 Å². The van der Waals surface area contributed by atoms with Gasteiger partial charge in [-0.05, 0) is 44.9 Å². The fourth-order valence-corrected chi connectivity index (χ4v) is 3.88. The number of hydrogen-bond donors (Lipinski definition) is 1. The van der Waals surface area contributed by atoms with E-state index in [1.807, 2.05) is 6.08 Å². The van der Waals surface area contributed by atoms with Gasteiger partial charge in [0.15, 0.2) is 6.29 Å². The summed E-state index contributed by atoms with van der Waals surface area (Å²) in [4.78, 5) is 0. The van der Waals surface area contributed by atoms with Gasteiger partial charge in [-0.1, -0.05) is 13.0 Å². The zero-order valence-corrected chi connectivity index (χ0v) is 9.99. The van der Waals surface area contributed by atoms with Gasteiger partial charge in [-0.2, -0.15) is 0 Å². The quantitative estimate of drug-likeness (QED) is 0.710. The van der Waals surface area contributed by atoms with Crippen LogP contribution in [0.5, 0.6) is 0 Å². The number of fused-ring (bicyclic) bond motifs is 1. The molecule has 2 fully saturated rings. The Bertz CT molecular complexity index is 272. The van der Waals surface area contributed by atoms with Crippen LogP contribution in [0.2, 0.25) is 0 Å². The maximum absolute atomic E-state index is 10.2. The Kier molecular flexibility index (Phi) is 2.47. The van der Waals surface area contributed by atoms with Crippen molar-refractivity contribution in [2.24, 2.45) is 17.3 Å². The fourth-order valence-electron chi connectivity index (χ4n) is 3.88. The van der Waals surface area contributed by atoms with E-state index in [0.29, 0.717) is 11.8 Å². The lowest BCUT2D eigenvalue weighted by Crippen LogP contribution is -2.38. The first-order valence-corrected chi connectivity index (χ1v) is 5.92. The Morgan fingerprint density at radius 3 is 2.73 bits per heavy atom. The second-order valence-electron chi connectivity index (χ2n) is 5.71. The summed E-state index contributed by atoms with van der Waals surface area (Å²) in [5, 5.41) is 10.2. The largest absolute Gasteiger partial charge is 0.367 e. The Morgan fingerprint density at radius 2 is 2.13 bits per heavy atom. The van der Waals surface area contributed by atoms with E-state index in [1.165, 1.54) is 12.8 Å². The second kappa shape index (κ2) is 3.33. The van der Waals surface area contributed by atoms with Gasteiger partial charge in [-0.15, -0.1) is 6.58 Å². The molecular formula is C13H22O2. The molecule has 1 heterocycles. The van der Waals surface area contributed by atoms with Crippen molar-refractivity contribution >= 4 is 0 Å². The van der Waals surface area contributed by atoms with Gasteiger partial charge in [0.05, 0.1) is 5.60 Å². The molecule has 1 unspecified atom stereocenters. The summed E-state index contributed by atoms with van der Waals surface area (Å²) in [6.07, 6.45) is 4.54. The number of ether oxygens (including phenoxy) is 1. The van der Waals surface area contributed by atoms with Crippen LogP contribution in [0, 0.1) is 17.3 Å². The maximum atomic E-state index is 10.2. The van der Waals surface area contributed by atoms with Crippen molar-refractivity contribution in [3.8, 4) is 0 Å². The van der Waals surface area contributed by atoms with Gasteiger partial charge in [0, 0.05) is 5.41 Å². The summed E-state index contributed by atoms with van der Waals surface area (Å²) in [6.45, 7) is 10.3. The minimum Gasteiger partial charge on any atom is -0.367 e. The first-order valence-electron chi connectivity index (χ1n) is 5.92. The Balaban J connectivity index is 2.40. The molecule has 2 aliphatic rings. The number of aliphatic hydroxyl groups is 1. The molecule has 1 aliphatic carbocycles. The maximum Gasteiger partial charge on any atom is 0.161 e. The third-order valence-corrected chi connectivity index (χ3v) is 4.67. The van der Waals surface area contributed by atoms with Crippen molar-refractivity contribution in [2.45, 2.75) is 51.9 Å². The Morgan fingerprint density at radius 1 is 1.47 bits per heavy atom. The van der Waals surface area contributed by atoms with Crippen molar-refractivity contribution in [1.82, 2.24) is 0 Å². The molecule has 86 valence electrons. The summed E-state index contributed by atoms with van der Waals surface area (Å²) in [7, 11) is 0. The predicted octanol–water partition coefficient (Wildman–Crippen LogP) is 2.72. The zero-order valence-electron chi connectivity index (χ0n) is 9.99. The highest BCUT2D eigenvalue weighted by atomic mass is 16.6. The lowest BCUT2D eigenvalue weighted by atomic mass is 9.67. The van der Waals surface area contributed by atoms with Crippen LogP contribution in [-0.4, -0.2) is 17.0 Å². The molecule has 0 bridgehead atoms. The van der Waals surface area contributed by atoms with E-state index in [1.54, 1.807) is 0 Å². The standard InChI is InChI=1S/C13H22O2/c1-5-8-13-9(2)6-7-10(13)12(3,4)15-11(13)14/h5,9-11,14H,1,6-8H2,2-4H3/t9-,10-,11?,13-/m1/s1. The summed E-state index contributed by atoms with van der Waals surface area (Å²) in [6, 6.07) is 0. The van der Waals surface area contributed by atoms with Crippen molar-refractivity contribution in [3.63, 3.8) is 0 Å². The zero-order chi connectivity index (χ0) is 11.3. The molecule has 2 heteroatoms. The van der Waals surface area contributed by atoms with Gasteiger partial charge in [0.2, 0.25) is 0 Å². The molecule has 1 aliphatic heterocycles. The molecule has 0 radical (unpaired) electrons. The fraction of sp³-hybridized carbons (Fsp3) is 0.846. The number of aliphatic hydroxyl groups excluding tert-OH is 1. The van der Waals surface area contributed by atoms with Gasteiger partial charge < -0.3 is 9.84 Å². The minimum absolute atomic E-state index is 0.0781. The van der Waals surface area contributed by atoms with E-state index in [0.717, 1.165) is 6.42 Å². The van der Waals surface area contributed by atoms with E-state index in [4.69, 9.17) is 4.74 Å². The highest BCUT2D eigenvalue weighted by Gasteiger charge is 2.63. The van der Waals surface area contributed by atoms with Crippen molar-refractivity contribution in [1.29, 1.82) is 0 Å². The number of hydrogen-bond acceptors (Lipinski definition) is 2. The van der Waals surface area contributed by atoms with E-state index in [2.05, 4.69) is 27.4 Å². The van der Waals surface area contributed by atoms with Gasteiger partial charge in [0.1, 0.15) is 0 Å². The number of allylic oxidation sites excluding steroid dienone is 1. The highest BCUT2D eigenvalue weighted by molar-refractivity contribution is 5.10. The molecule has 4 atom stereocenters. The van der Waals surface area contributed by atoms with Crippen LogP contribution in [0.15, 0.2) is 12.7 Å². The minimum atomic E-state index is -0.618. The average molecular weight is 210 g/mol. The highest BCUT2D eigenvalue weighted by Crippen LogP contribution is 2.62. The summed E-state index contributed by atoms with van der Waals surface area (Å²) in [5.41, 5.74) is -0.265. The SMILES string of the molecule is C=CC[C@]12C(O)OC(C)(C)[C@H]1CC[C@H]2C. The Labute approximate surface area is 92.3 Å². The van der Waals surface area contributed by atoms with Gasteiger partial charge in [-0.3, -0.25) is 0 Å². The molecule has 2 nitrogen and oxygen atoms in total. The molecule has 1 saturated carbocycles. The van der Waals surface area contributed by atoms with E-state index >= 15 is 0 Å². The summed E-state index contributed by atoms with van der Waals surface area (Å²) in [5.74, 6) is 0.991. The first kappa shape index (κ1) is 11.2. The monoisotopic (exact) mass is 210 g/mol. The molecule has 2 rings (SSSR count). The molecule has 1 N–H and O–H groups in total. The van der Waals surface area contributed by atoms with Crippen LogP contribution in [0.25, 0.3) is 0 Å². The third-order valence-electron chi connectivity index (χ3n) is 4.67. The predicted molar refractivity (Wildman–Crippen MR) is 60.3 cm³/mol. The molecule has 1 saturated heterocycles. The van der Waals surface area contributed by atoms with Crippen LogP contribution < -0.4 is 0 Å². The summed E-state index contributed by atoms with van der Waals surface area (Å²) < 4.78 is 5.75. The van der Waals surface area contributed by atoms with Crippen molar-refractivity contribution in [3.05, 3.63) is 12.7 Å². The second-order valence-corrected chi connectivity index (χ2v) is 5.71. The summed E-state index contributed by atoms with van der Waals surface area (Å²) >= 11 is 0. The van der Waals surface area contributed by atoms with Gasteiger partial charge in [0.25, 0.3) is 0 Å². The first-order chi connectivity index (χ1) is 6.95. The topological polar surface area (TPSA) is 29.5 Å². The van der Waals surface area contributed by atoms with Gasteiger partial charge >= 0.3 is 0 Å². The molecule has 0 spiro atoms. The Hall–Kier alpha value is -0.340. The molecule has 0 aromatic rings. The van der Waals surface area contributed by atoms with Crippen molar-refractivity contribution in [2.75, 3.05) is 0 Å². The van der Waals surface area contributed by atoms with E-state index < -0.39 is 6.29 Å². The van der Waals surface area contributed by atoms with Gasteiger partial charge in [-0.25, -0.2) is 0 Å². The van der Waals surface area contributed by atoms with Crippen LogP contribution >= 0.6 is 0 Å². The third kappa shape index (κ3) is 1.31.